The molecule has 0 unspecified atom stereocenters. The molecule has 0 aliphatic rings. The van der Waals surface area contributed by atoms with Crippen molar-refractivity contribution >= 4 is 5.97 Å². The van der Waals surface area contributed by atoms with Crippen LogP contribution in [0, 0.1) is 17.8 Å². The molecular weight excluding hydrogens is 200 g/mol. The Balaban J connectivity index is 3.54. The van der Waals surface area contributed by atoms with Crippen LogP contribution in [0.1, 0.15) is 60.3 Å². The molecule has 0 atom stereocenters. The molecular formula is C14H24O2. The highest BCUT2D eigenvalue weighted by molar-refractivity contribution is 5.69. The lowest BCUT2D eigenvalue weighted by molar-refractivity contribution is -0.154. The maximum Gasteiger partial charge on any atom is 0.306 e. The molecule has 0 aromatic heterocycles. The minimum Gasteiger partial charge on any atom is -0.460 e. The highest BCUT2D eigenvalue weighted by Crippen LogP contribution is 2.10. The molecule has 2 heteroatoms. The Bertz CT molecular complexity index is 261. The minimum absolute atomic E-state index is 0.107. The fourth-order valence-corrected chi connectivity index (χ4v) is 1.15. The number of carbonyl (C=O) groups is 1. The van der Waals surface area contributed by atoms with Gasteiger partial charge in [0.05, 0.1) is 0 Å². The Morgan fingerprint density at radius 1 is 1.25 bits per heavy atom. The average Bonchev–Trinajstić information content (AvgIpc) is 2.07. The van der Waals surface area contributed by atoms with E-state index in [1.807, 2.05) is 20.8 Å². The maximum absolute atomic E-state index is 11.3. The molecule has 0 amide bonds. The predicted octanol–water partition coefficient (Wildman–Crippen LogP) is 3.55. The zero-order chi connectivity index (χ0) is 12.6. The first-order valence-corrected chi connectivity index (χ1v) is 6.01. The summed E-state index contributed by atoms with van der Waals surface area (Å²) in [6.07, 6.45) is 3.21. The molecule has 0 saturated heterocycles. The van der Waals surface area contributed by atoms with Crippen molar-refractivity contribution in [3.63, 3.8) is 0 Å². The van der Waals surface area contributed by atoms with Crippen molar-refractivity contribution in [1.29, 1.82) is 0 Å². The van der Waals surface area contributed by atoms with Crippen molar-refractivity contribution in [2.45, 2.75) is 65.9 Å². The van der Waals surface area contributed by atoms with Gasteiger partial charge >= 0.3 is 5.97 Å². The van der Waals surface area contributed by atoms with E-state index < -0.39 is 0 Å². The van der Waals surface area contributed by atoms with Gasteiger partial charge in [0, 0.05) is 18.8 Å². The maximum atomic E-state index is 11.3. The summed E-state index contributed by atoms with van der Waals surface area (Å²) in [6, 6.07) is 0. The van der Waals surface area contributed by atoms with Crippen LogP contribution in [0.15, 0.2) is 0 Å². The monoisotopic (exact) mass is 224 g/mol. The molecule has 92 valence electrons. The molecule has 0 aliphatic heterocycles. The smallest absolute Gasteiger partial charge is 0.306 e. The number of carbonyl (C=O) groups excluding carboxylic acids is 1. The topological polar surface area (TPSA) is 26.3 Å². The summed E-state index contributed by atoms with van der Waals surface area (Å²) in [4.78, 5) is 11.3. The Morgan fingerprint density at radius 2 is 1.88 bits per heavy atom. The van der Waals surface area contributed by atoms with E-state index in [9.17, 15) is 4.79 Å². The Hall–Kier alpha value is -0.970. The predicted molar refractivity (Wildman–Crippen MR) is 66.9 cm³/mol. The summed E-state index contributed by atoms with van der Waals surface area (Å²) in [5.41, 5.74) is -0.367. The second-order valence-corrected chi connectivity index (χ2v) is 5.27. The zero-order valence-corrected chi connectivity index (χ0v) is 11.2. The highest BCUT2D eigenvalue weighted by atomic mass is 16.6. The SMILES string of the molecule is CC(C)C#CCCCCC(=O)OC(C)(C)C. The third-order valence-electron chi connectivity index (χ3n) is 1.74. The van der Waals surface area contributed by atoms with E-state index >= 15 is 0 Å². The second kappa shape index (κ2) is 7.33. The fourth-order valence-electron chi connectivity index (χ4n) is 1.15. The average molecular weight is 224 g/mol. The van der Waals surface area contributed by atoms with Gasteiger partial charge < -0.3 is 4.74 Å². The van der Waals surface area contributed by atoms with Gasteiger partial charge in [-0.3, -0.25) is 4.79 Å². The van der Waals surface area contributed by atoms with E-state index in [1.165, 1.54) is 0 Å². The van der Waals surface area contributed by atoms with Crippen LogP contribution in [0.4, 0.5) is 0 Å². The van der Waals surface area contributed by atoms with Crippen molar-refractivity contribution in [1.82, 2.24) is 0 Å². The van der Waals surface area contributed by atoms with E-state index in [4.69, 9.17) is 4.74 Å². The molecule has 0 saturated carbocycles. The number of ether oxygens (including phenoxy) is 1. The van der Waals surface area contributed by atoms with Gasteiger partial charge in [-0.2, -0.15) is 0 Å². The molecule has 0 radical (unpaired) electrons. The van der Waals surface area contributed by atoms with Gasteiger partial charge in [-0.25, -0.2) is 0 Å². The first kappa shape index (κ1) is 15.0. The molecule has 0 heterocycles. The summed E-state index contributed by atoms with van der Waals surface area (Å²) < 4.78 is 5.21. The van der Waals surface area contributed by atoms with Crippen LogP contribution >= 0.6 is 0 Å². The summed E-state index contributed by atoms with van der Waals surface area (Å²) >= 11 is 0. The zero-order valence-electron chi connectivity index (χ0n) is 11.2. The molecule has 0 N–H and O–H groups in total. The lowest BCUT2D eigenvalue weighted by Gasteiger charge is -2.19. The summed E-state index contributed by atoms with van der Waals surface area (Å²) in [6.45, 7) is 9.82. The molecule has 16 heavy (non-hydrogen) atoms. The largest absolute Gasteiger partial charge is 0.460 e. The molecule has 0 rings (SSSR count). The molecule has 0 aromatic carbocycles. The Morgan fingerprint density at radius 3 is 2.38 bits per heavy atom. The standard InChI is InChI=1S/C14H24O2/c1-12(2)10-8-6-7-9-11-13(15)16-14(3,4)5/h12H,6-7,9,11H2,1-5H3. The third kappa shape index (κ3) is 11.1. The van der Waals surface area contributed by atoms with Gasteiger partial charge in [-0.15, -0.1) is 11.8 Å². The lowest BCUT2D eigenvalue weighted by Crippen LogP contribution is -2.23. The van der Waals surface area contributed by atoms with Crippen LogP contribution in [0.3, 0.4) is 0 Å². The quantitative estimate of drug-likeness (QED) is 0.415. The Labute approximate surface area is 99.8 Å². The van der Waals surface area contributed by atoms with Gasteiger partial charge in [0.15, 0.2) is 0 Å². The van der Waals surface area contributed by atoms with Gasteiger partial charge in [-0.1, -0.05) is 13.8 Å². The number of hydrogen-bond acceptors (Lipinski definition) is 2. The van der Waals surface area contributed by atoms with Crippen LogP contribution in [-0.2, 0) is 9.53 Å². The van der Waals surface area contributed by atoms with E-state index in [2.05, 4.69) is 25.7 Å². The van der Waals surface area contributed by atoms with Crippen molar-refractivity contribution in [3.8, 4) is 11.8 Å². The van der Waals surface area contributed by atoms with E-state index in [-0.39, 0.29) is 11.6 Å². The van der Waals surface area contributed by atoms with E-state index in [1.54, 1.807) is 0 Å². The number of rotatable bonds is 4. The van der Waals surface area contributed by atoms with Gasteiger partial charge in [0.2, 0.25) is 0 Å². The molecule has 0 bridgehead atoms. The van der Waals surface area contributed by atoms with E-state index in [0.717, 1.165) is 19.3 Å². The van der Waals surface area contributed by atoms with Crippen molar-refractivity contribution in [2.75, 3.05) is 0 Å². The number of esters is 1. The van der Waals surface area contributed by atoms with Gasteiger partial charge in [0.1, 0.15) is 5.60 Å². The van der Waals surface area contributed by atoms with Crippen molar-refractivity contribution in [3.05, 3.63) is 0 Å². The fraction of sp³-hybridized carbons (Fsp3) is 0.786. The van der Waals surface area contributed by atoms with Crippen LogP contribution in [-0.4, -0.2) is 11.6 Å². The first-order chi connectivity index (χ1) is 7.31. The van der Waals surface area contributed by atoms with Crippen LogP contribution in [0.2, 0.25) is 0 Å². The number of unbranched alkanes of at least 4 members (excludes halogenated alkanes) is 2. The molecule has 0 aromatic rings. The third-order valence-corrected chi connectivity index (χ3v) is 1.74. The summed E-state index contributed by atoms with van der Waals surface area (Å²) in [7, 11) is 0. The number of hydrogen-bond donors (Lipinski definition) is 0. The second-order valence-electron chi connectivity index (χ2n) is 5.27. The van der Waals surface area contributed by atoms with Crippen molar-refractivity contribution < 1.29 is 9.53 Å². The van der Waals surface area contributed by atoms with Crippen LogP contribution in [0.5, 0.6) is 0 Å². The first-order valence-electron chi connectivity index (χ1n) is 6.01. The normalized spacial score (nSPS) is 10.9. The van der Waals surface area contributed by atoms with E-state index in [0.29, 0.717) is 12.3 Å². The highest BCUT2D eigenvalue weighted by Gasteiger charge is 2.15. The molecule has 0 fully saturated rings. The molecule has 0 aliphatic carbocycles. The summed E-state index contributed by atoms with van der Waals surface area (Å²) in [5, 5.41) is 0. The van der Waals surface area contributed by atoms with Crippen LogP contribution < -0.4 is 0 Å². The van der Waals surface area contributed by atoms with Gasteiger partial charge in [0.25, 0.3) is 0 Å². The molecule has 0 spiro atoms. The Kier molecular flexibility index (Phi) is 6.88. The lowest BCUT2D eigenvalue weighted by atomic mass is 10.1. The molecule has 2 nitrogen and oxygen atoms in total. The van der Waals surface area contributed by atoms with Gasteiger partial charge in [-0.05, 0) is 33.6 Å². The minimum atomic E-state index is -0.367. The van der Waals surface area contributed by atoms with Crippen molar-refractivity contribution in [2.24, 2.45) is 5.92 Å². The summed E-state index contributed by atoms with van der Waals surface area (Å²) in [5.74, 6) is 6.54. The van der Waals surface area contributed by atoms with Crippen LogP contribution in [0.25, 0.3) is 0 Å².